The summed E-state index contributed by atoms with van der Waals surface area (Å²) in [6, 6.07) is 0. The zero-order valence-corrected chi connectivity index (χ0v) is 5.20. The minimum Gasteiger partial charge on any atom is -0.0892 e. The Labute approximate surface area is 49.2 Å². The molecular weight excluding hydrogens is 108 g/mol. The summed E-state index contributed by atoms with van der Waals surface area (Å²) >= 11 is 5.72. The smallest absolute Gasteiger partial charge is 0.0169 e. The molecule has 0 saturated carbocycles. The molecule has 0 aromatic rings. The lowest BCUT2D eigenvalue weighted by Crippen LogP contribution is -1.83. The van der Waals surface area contributed by atoms with E-state index in [0.717, 1.165) is 5.03 Å². The molecule has 1 aliphatic carbocycles. The Morgan fingerprint density at radius 2 is 2.57 bits per heavy atom. The van der Waals surface area contributed by atoms with E-state index >= 15 is 0 Å². The van der Waals surface area contributed by atoms with Gasteiger partial charge in [-0.15, -0.1) is 0 Å². The maximum Gasteiger partial charge on any atom is 0.0169 e. The van der Waals surface area contributed by atoms with Crippen LogP contribution in [-0.2, 0) is 0 Å². The van der Waals surface area contributed by atoms with E-state index in [2.05, 4.69) is 13.0 Å². The third-order valence-electron chi connectivity index (χ3n) is 1.41. The summed E-state index contributed by atoms with van der Waals surface area (Å²) in [4.78, 5) is 0. The van der Waals surface area contributed by atoms with Crippen molar-refractivity contribution in [3.05, 3.63) is 11.1 Å². The van der Waals surface area contributed by atoms with Crippen LogP contribution in [0, 0.1) is 5.92 Å². The summed E-state index contributed by atoms with van der Waals surface area (Å²) in [7, 11) is 0. The summed E-state index contributed by atoms with van der Waals surface area (Å²) in [6.45, 7) is 2.16. The molecule has 1 heteroatoms. The first-order chi connectivity index (χ1) is 3.30. The number of rotatable bonds is 0. The van der Waals surface area contributed by atoms with Crippen LogP contribution in [0.25, 0.3) is 0 Å². The second kappa shape index (κ2) is 1.87. The molecule has 0 N–H and O–H groups in total. The molecule has 0 saturated heterocycles. The Bertz CT molecular complexity index is 94.4. The summed E-state index contributed by atoms with van der Waals surface area (Å²) < 4.78 is 0. The molecule has 0 spiro atoms. The highest BCUT2D eigenvalue weighted by Gasteiger charge is 2.10. The van der Waals surface area contributed by atoms with Crippen molar-refractivity contribution in [2.24, 2.45) is 5.92 Å². The highest BCUT2D eigenvalue weighted by molar-refractivity contribution is 6.30. The van der Waals surface area contributed by atoms with Crippen molar-refractivity contribution in [3.8, 4) is 0 Å². The largest absolute Gasteiger partial charge is 0.0892 e. The average Bonchev–Trinajstić information content (AvgIpc) is 1.91. The highest BCUT2D eigenvalue weighted by atomic mass is 35.5. The molecule has 40 valence electrons. The van der Waals surface area contributed by atoms with Gasteiger partial charge in [-0.05, 0) is 18.8 Å². The fourth-order valence-corrected chi connectivity index (χ4v) is 1.03. The van der Waals surface area contributed by atoms with Gasteiger partial charge in [0.1, 0.15) is 0 Å². The van der Waals surface area contributed by atoms with E-state index < -0.39 is 0 Å². The van der Waals surface area contributed by atoms with Crippen molar-refractivity contribution < 1.29 is 0 Å². The van der Waals surface area contributed by atoms with Crippen LogP contribution in [-0.4, -0.2) is 0 Å². The molecule has 1 rings (SSSR count). The maximum atomic E-state index is 5.72. The van der Waals surface area contributed by atoms with Gasteiger partial charge in [-0.3, -0.25) is 0 Å². The van der Waals surface area contributed by atoms with Gasteiger partial charge in [0.15, 0.2) is 0 Å². The molecule has 0 fully saturated rings. The van der Waals surface area contributed by atoms with Crippen LogP contribution < -0.4 is 0 Å². The summed E-state index contributed by atoms with van der Waals surface area (Å²) in [5.74, 6) is 0.640. The lowest BCUT2D eigenvalue weighted by Gasteiger charge is -1.96. The average molecular weight is 117 g/mol. The second-order valence-corrected chi connectivity index (χ2v) is 2.50. The Hall–Kier alpha value is 0.0300. The van der Waals surface area contributed by atoms with E-state index in [1.807, 2.05) is 0 Å². The van der Waals surface area contributed by atoms with Crippen LogP contribution in [0.15, 0.2) is 11.1 Å². The first-order valence-corrected chi connectivity index (χ1v) is 3.04. The Balaban J connectivity index is 2.54. The second-order valence-electron chi connectivity index (χ2n) is 2.07. The van der Waals surface area contributed by atoms with Gasteiger partial charge < -0.3 is 0 Å². The Kier molecular flexibility index (Phi) is 1.38. The van der Waals surface area contributed by atoms with E-state index in [9.17, 15) is 0 Å². The fraction of sp³-hybridized carbons (Fsp3) is 0.667. The highest BCUT2D eigenvalue weighted by Crippen LogP contribution is 2.27. The van der Waals surface area contributed by atoms with Crippen molar-refractivity contribution >= 4 is 11.6 Å². The topological polar surface area (TPSA) is 0 Å². The number of allylic oxidation sites excluding steroid dienone is 2. The van der Waals surface area contributed by atoms with E-state index in [1.165, 1.54) is 12.8 Å². The van der Waals surface area contributed by atoms with Crippen molar-refractivity contribution in [3.63, 3.8) is 0 Å². The fourth-order valence-electron chi connectivity index (χ4n) is 0.810. The predicted molar refractivity (Wildman–Crippen MR) is 32.3 cm³/mol. The zero-order chi connectivity index (χ0) is 5.28. The van der Waals surface area contributed by atoms with Gasteiger partial charge in [0.25, 0.3) is 0 Å². The van der Waals surface area contributed by atoms with Crippen LogP contribution in [0.4, 0.5) is 0 Å². The minimum atomic E-state index is 0.640. The normalized spacial score (nSPS) is 30.6. The molecule has 0 nitrogen and oxygen atoms in total. The quantitative estimate of drug-likeness (QED) is 0.456. The molecule has 0 aromatic carbocycles. The van der Waals surface area contributed by atoms with Crippen LogP contribution in [0.5, 0.6) is 0 Å². The molecular formula is C6H9Cl. The van der Waals surface area contributed by atoms with Crippen molar-refractivity contribution in [1.82, 2.24) is 0 Å². The van der Waals surface area contributed by atoms with E-state index in [-0.39, 0.29) is 0 Å². The number of hydrogen-bond acceptors (Lipinski definition) is 0. The van der Waals surface area contributed by atoms with Gasteiger partial charge in [-0.25, -0.2) is 0 Å². The molecule has 1 atom stereocenters. The lowest BCUT2D eigenvalue weighted by atomic mass is 10.2. The van der Waals surface area contributed by atoms with Crippen molar-refractivity contribution in [1.29, 1.82) is 0 Å². The molecule has 7 heavy (non-hydrogen) atoms. The molecule has 0 radical (unpaired) electrons. The van der Waals surface area contributed by atoms with Gasteiger partial charge in [-0.1, -0.05) is 24.6 Å². The van der Waals surface area contributed by atoms with E-state index in [4.69, 9.17) is 11.6 Å². The number of halogens is 1. The lowest BCUT2D eigenvalue weighted by molar-refractivity contribution is 0.692. The van der Waals surface area contributed by atoms with Crippen molar-refractivity contribution in [2.45, 2.75) is 19.8 Å². The van der Waals surface area contributed by atoms with Crippen LogP contribution >= 0.6 is 11.6 Å². The van der Waals surface area contributed by atoms with Crippen LogP contribution in [0.1, 0.15) is 19.8 Å². The maximum absolute atomic E-state index is 5.72. The van der Waals surface area contributed by atoms with Crippen LogP contribution in [0.3, 0.4) is 0 Å². The van der Waals surface area contributed by atoms with Gasteiger partial charge in [0, 0.05) is 5.03 Å². The zero-order valence-electron chi connectivity index (χ0n) is 4.45. The first kappa shape index (κ1) is 5.17. The Morgan fingerprint density at radius 3 is 2.71 bits per heavy atom. The first-order valence-electron chi connectivity index (χ1n) is 2.66. The SMILES string of the molecule is CC1CCC=C1Cl. The van der Waals surface area contributed by atoms with Crippen LogP contribution in [0.2, 0.25) is 0 Å². The monoisotopic (exact) mass is 116 g/mol. The van der Waals surface area contributed by atoms with E-state index in [1.54, 1.807) is 0 Å². The Morgan fingerprint density at radius 1 is 1.86 bits per heavy atom. The molecule has 1 unspecified atom stereocenters. The third-order valence-corrected chi connectivity index (χ3v) is 1.94. The number of hydrogen-bond donors (Lipinski definition) is 0. The van der Waals surface area contributed by atoms with Gasteiger partial charge in [0.05, 0.1) is 0 Å². The molecule has 1 aliphatic rings. The molecule has 0 bridgehead atoms. The van der Waals surface area contributed by atoms with E-state index in [0.29, 0.717) is 5.92 Å². The van der Waals surface area contributed by atoms with Crippen molar-refractivity contribution in [2.75, 3.05) is 0 Å². The summed E-state index contributed by atoms with van der Waals surface area (Å²) in [5.41, 5.74) is 0. The minimum absolute atomic E-state index is 0.640. The third kappa shape index (κ3) is 0.973. The molecule has 0 heterocycles. The standard InChI is InChI=1S/C6H9Cl/c1-5-3-2-4-6(5)7/h4-5H,2-3H2,1H3. The van der Waals surface area contributed by atoms with Gasteiger partial charge >= 0.3 is 0 Å². The molecule has 0 amide bonds. The summed E-state index contributed by atoms with van der Waals surface area (Å²) in [6.07, 6.45) is 4.53. The molecule has 0 aliphatic heterocycles. The van der Waals surface area contributed by atoms with Gasteiger partial charge in [0.2, 0.25) is 0 Å². The predicted octanol–water partition coefficient (Wildman–Crippen LogP) is 2.54. The van der Waals surface area contributed by atoms with Gasteiger partial charge in [-0.2, -0.15) is 0 Å². The molecule has 0 aromatic heterocycles. The summed E-state index contributed by atoms with van der Waals surface area (Å²) in [5, 5.41) is 1.06.